The lowest BCUT2D eigenvalue weighted by molar-refractivity contribution is 0.0968. The predicted molar refractivity (Wildman–Crippen MR) is 148 cm³/mol. The maximum Gasteiger partial charge on any atom is 0.176 e. The van der Waals surface area contributed by atoms with E-state index in [0.717, 1.165) is 53.4 Å². The van der Waals surface area contributed by atoms with Crippen molar-refractivity contribution < 1.29 is 14.6 Å². The van der Waals surface area contributed by atoms with Gasteiger partial charge in [0.25, 0.3) is 0 Å². The van der Waals surface area contributed by atoms with Crippen molar-refractivity contribution in [1.29, 1.82) is 0 Å². The second-order valence-electron chi connectivity index (χ2n) is 10.8. The summed E-state index contributed by atoms with van der Waals surface area (Å²) >= 11 is 6.29. The number of aromatic hydroxyl groups is 1. The van der Waals surface area contributed by atoms with Crippen molar-refractivity contribution in [2.24, 2.45) is 5.92 Å². The van der Waals surface area contributed by atoms with Gasteiger partial charge in [0.2, 0.25) is 0 Å². The largest absolute Gasteiger partial charge is 0.503 e. The lowest BCUT2D eigenvalue weighted by atomic mass is 9.89. The molecular formula is C30H34ClN3O3. The highest BCUT2D eigenvalue weighted by Crippen LogP contribution is 2.41. The van der Waals surface area contributed by atoms with E-state index in [-0.39, 0.29) is 22.5 Å². The Bertz CT molecular complexity index is 1330. The van der Waals surface area contributed by atoms with Crippen LogP contribution in [0.15, 0.2) is 36.5 Å². The van der Waals surface area contributed by atoms with Gasteiger partial charge in [-0.05, 0) is 99.8 Å². The number of ketones is 1. The van der Waals surface area contributed by atoms with E-state index in [0.29, 0.717) is 23.4 Å². The number of ether oxygens (including phenoxy) is 1. The van der Waals surface area contributed by atoms with E-state index in [2.05, 4.69) is 21.3 Å². The third kappa shape index (κ3) is 4.89. The molecule has 2 saturated carbocycles. The van der Waals surface area contributed by atoms with E-state index in [9.17, 15) is 9.90 Å². The van der Waals surface area contributed by atoms with Crippen molar-refractivity contribution in [2.75, 3.05) is 25.5 Å². The Kier molecular flexibility index (Phi) is 6.72. The summed E-state index contributed by atoms with van der Waals surface area (Å²) in [6.45, 7) is 2.49. The number of benzene rings is 2. The molecule has 37 heavy (non-hydrogen) atoms. The Morgan fingerprint density at radius 2 is 1.81 bits per heavy atom. The van der Waals surface area contributed by atoms with Crippen LogP contribution in [0.5, 0.6) is 11.5 Å². The van der Waals surface area contributed by atoms with Gasteiger partial charge in [-0.2, -0.15) is 0 Å². The fourth-order valence-electron chi connectivity index (χ4n) is 6.07. The number of hydrogen-bond donors (Lipinski definition) is 2. The maximum atomic E-state index is 13.3. The first kappa shape index (κ1) is 24.5. The minimum atomic E-state index is -0.0698. The van der Waals surface area contributed by atoms with Crippen molar-refractivity contribution >= 4 is 34.0 Å². The summed E-state index contributed by atoms with van der Waals surface area (Å²) in [5.74, 6) is 0.572. The van der Waals surface area contributed by atoms with Gasteiger partial charge in [-0.3, -0.25) is 9.78 Å². The predicted octanol–water partition coefficient (Wildman–Crippen LogP) is 6.68. The van der Waals surface area contributed by atoms with Gasteiger partial charge in [0.05, 0.1) is 28.9 Å². The molecule has 194 valence electrons. The molecule has 2 heterocycles. The fraction of sp³-hybridized carbons (Fsp3) is 0.467. The zero-order valence-electron chi connectivity index (χ0n) is 21.3. The summed E-state index contributed by atoms with van der Waals surface area (Å²) in [6, 6.07) is 10.6. The minimum absolute atomic E-state index is 0.0698. The first-order valence-electron chi connectivity index (χ1n) is 13.6. The Morgan fingerprint density at radius 1 is 1.05 bits per heavy atom. The molecule has 2 N–H and O–H groups in total. The Balaban J connectivity index is 1.35. The molecule has 0 radical (unpaired) electrons. The minimum Gasteiger partial charge on any atom is -0.503 e. The average molecular weight is 520 g/mol. The van der Waals surface area contributed by atoms with Crippen LogP contribution in [-0.4, -0.2) is 53.1 Å². The quantitative estimate of drug-likeness (QED) is 0.339. The summed E-state index contributed by atoms with van der Waals surface area (Å²) in [5.41, 5.74) is 4.21. The number of carbonyl (C=O) groups is 1. The van der Waals surface area contributed by atoms with Crippen LogP contribution >= 0.6 is 11.6 Å². The number of fused-ring (bicyclic) bond motifs is 1. The smallest absolute Gasteiger partial charge is 0.176 e. The van der Waals surface area contributed by atoms with Crippen LogP contribution in [0, 0.1) is 5.92 Å². The molecule has 7 heteroatoms. The number of nitrogens with one attached hydrogen (secondary N) is 1. The normalized spacial score (nSPS) is 22.3. The third-order valence-electron chi connectivity index (χ3n) is 8.37. The monoisotopic (exact) mass is 519 g/mol. The molecule has 3 fully saturated rings. The van der Waals surface area contributed by atoms with Gasteiger partial charge in [-0.15, -0.1) is 0 Å². The van der Waals surface area contributed by atoms with Gasteiger partial charge >= 0.3 is 0 Å². The summed E-state index contributed by atoms with van der Waals surface area (Å²) in [7, 11) is 1.51. The maximum absolute atomic E-state index is 13.3. The Morgan fingerprint density at radius 3 is 2.51 bits per heavy atom. The molecule has 3 aromatic rings. The Labute approximate surface area is 223 Å². The molecule has 1 aromatic heterocycles. The highest BCUT2D eigenvalue weighted by atomic mass is 35.5. The molecule has 2 aromatic carbocycles. The van der Waals surface area contributed by atoms with Gasteiger partial charge in [-0.25, -0.2) is 0 Å². The molecule has 2 aliphatic carbocycles. The van der Waals surface area contributed by atoms with Crippen molar-refractivity contribution in [1.82, 2.24) is 9.88 Å². The molecule has 6 rings (SSSR count). The van der Waals surface area contributed by atoms with Crippen molar-refractivity contribution in [3.8, 4) is 22.6 Å². The zero-order valence-corrected chi connectivity index (χ0v) is 22.1. The SMILES string of the molecule is COc1cc(-c2ccc3ncc(C(=O)C4CC4)c(NC4CCC(N5CCCC5)CC4)c3c2)cc(Cl)c1O. The van der Waals surface area contributed by atoms with Crippen molar-refractivity contribution in [3.63, 3.8) is 0 Å². The van der Waals surface area contributed by atoms with Crippen LogP contribution in [0.3, 0.4) is 0 Å². The molecule has 1 saturated heterocycles. The van der Waals surface area contributed by atoms with Gasteiger partial charge in [-0.1, -0.05) is 17.7 Å². The van der Waals surface area contributed by atoms with Gasteiger partial charge in [0, 0.05) is 29.6 Å². The van der Waals surface area contributed by atoms with Gasteiger partial charge in [0.1, 0.15) is 0 Å². The molecule has 0 spiro atoms. The summed E-state index contributed by atoms with van der Waals surface area (Å²) in [5, 5.41) is 15.2. The number of anilines is 1. The molecular weight excluding hydrogens is 486 g/mol. The number of aromatic nitrogens is 1. The van der Waals surface area contributed by atoms with Crippen LogP contribution in [0.25, 0.3) is 22.0 Å². The van der Waals surface area contributed by atoms with E-state index in [1.165, 1.54) is 45.9 Å². The molecule has 1 aliphatic heterocycles. The first-order valence-corrected chi connectivity index (χ1v) is 13.9. The topological polar surface area (TPSA) is 74.7 Å². The number of phenols is 1. The number of hydrogen-bond acceptors (Lipinski definition) is 6. The second kappa shape index (κ2) is 10.1. The third-order valence-corrected chi connectivity index (χ3v) is 8.65. The number of halogens is 1. The van der Waals surface area contributed by atoms with E-state index in [1.807, 2.05) is 12.1 Å². The van der Waals surface area contributed by atoms with Gasteiger partial charge in [0.15, 0.2) is 17.3 Å². The molecule has 3 aliphatic rings. The molecule has 0 atom stereocenters. The highest BCUT2D eigenvalue weighted by molar-refractivity contribution is 6.32. The van der Waals surface area contributed by atoms with E-state index < -0.39 is 0 Å². The van der Waals surface area contributed by atoms with Crippen LogP contribution < -0.4 is 10.1 Å². The number of likely N-dealkylation sites (tertiary alicyclic amines) is 1. The highest BCUT2D eigenvalue weighted by Gasteiger charge is 2.34. The van der Waals surface area contributed by atoms with Crippen LogP contribution in [0.1, 0.15) is 61.7 Å². The van der Waals surface area contributed by atoms with E-state index in [4.69, 9.17) is 16.3 Å². The summed E-state index contributed by atoms with van der Waals surface area (Å²) in [6.07, 6.45) is 10.9. The first-order chi connectivity index (χ1) is 18.0. The summed E-state index contributed by atoms with van der Waals surface area (Å²) in [4.78, 5) is 20.7. The van der Waals surface area contributed by atoms with Crippen LogP contribution in [0.4, 0.5) is 5.69 Å². The number of rotatable bonds is 7. The average Bonchev–Trinajstić information content (AvgIpc) is 3.63. The second-order valence-corrected chi connectivity index (χ2v) is 11.2. The Hall–Kier alpha value is -2.83. The molecule has 6 nitrogen and oxygen atoms in total. The van der Waals surface area contributed by atoms with E-state index >= 15 is 0 Å². The number of nitrogens with zero attached hydrogens (tertiary/aromatic N) is 2. The molecule has 0 bridgehead atoms. The van der Waals surface area contributed by atoms with Gasteiger partial charge < -0.3 is 20.1 Å². The lowest BCUT2D eigenvalue weighted by Gasteiger charge is -2.35. The number of methoxy groups -OCH3 is 1. The standard InChI is InChI=1S/C30H34ClN3O3/c1-37-27-16-20(15-25(31)30(27)36)19-6-11-26-23(14-19)28(24(17-32-26)29(35)18-4-5-18)33-21-7-9-22(10-8-21)34-12-2-3-13-34/h6,11,14-18,21-22,36H,2-5,7-10,12-13H2,1H3,(H,32,33). The van der Waals surface area contributed by atoms with E-state index in [1.54, 1.807) is 18.3 Å². The number of phenolic OH excluding ortho intramolecular Hbond substituents is 1. The number of pyridine rings is 1. The number of Topliss-reactive ketones (excluding diaryl/α,β-unsaturated/α-hetero) is 1. The fourth-order valence-corrected chi connectivity index (χ4v) is 6.28. The molecule has 0 unspecified atom stereocenters. The van der Waals surface area contributed by atoms with Crippen LogP contribution in [0.2, 0.25) is 5.02 Å². The van der Waals surface area contributed by atoms with Crippen molar-refractivity contribution in [3.05, 3.63) is 47.1 Å². The zero-order chi connectivity index (χ0) is 25.5. The van der Waals surface area contributed by atoms with Crippen LogP contribution in [-0.2, 0) is 0 Å². The molecule has 0 amide bonds. The van der Waals surface area contributed by atoms with Crippen molar-refractivity contribution in [2.45, 2.75) is 63.5 Å². The summed E-state index contributed by atoms with van der Waals surface area (Å²) < 4.78 is 5.32. The lowest BCUT2D eigenvalue weighted by Crippen LogP contribution is -2.39. The number of carbonyl (C=O) groups excluding carboxylic acids is 1.